The van der Waals surface area contributed by atoms with Crippen LogP contribution in [0.3, 0.4) is 0 Å². The SMILES string of the molecule is C[C@@H]1CN(C(=O)c2ccc(N3CCCCS3(=O)=O)cc2Cl)C[C@H](C)O1. The third-order valence-corrected chi connectivity index (χ3v) is 6.71. The molecule has 0 aliphatic carbocycles. The summed E-state index contributed by atoms with van der Waals surface area (Å²) in [5.41, 5.74) is 0.908. The molecule has 2 heterocycles. The Labute approximate surface area is 153 Å². The monoisotopic (exact) mass is 386 g/mol. The molecule has 25 heavy (non-hydrogen) atoms. The van der Waals surface area contributed by atoms with E-state index >= 15 is 0 Å². The van der Waals surface area contributed by atoms with E-state index < -0.39 is 10.0 Å². The molecule has 8 heteroatoms. The van der Waals surface area contributed by atoms with Gasteiger partial charge in [-0.2, -0.15) is 0 Å². The molecule has 2 fully saturated rings. The third kappa shape index (κ3) is 3.93. The van der Waals surface area contributed by atoms with Crippen molar-refractivity contribution in [2.45, 2.75) is 38.9 Å². The van der Waals surface area contributed by atoms with Gasteiger partial charge in [0.25, 0.3) is 5.91 Å². The lowest BCUT2D eigenvalue weighted by atomic mass is 10.1. The van der Waals surface area contributed by atoms with Crippen molar-refractivity contribution >= 4 is 33.2 Å². The number of benzene rings is 1. The van der Waals surface area contributed by atoms with Gasteiger partial charge in [0.2, 0.25) is 10.0 Å². The lowest BCUT2D eigenvalue weighted by Crippen LogP contribution is -2.48. The molecule has 2 saturated heterocycles. The van der Waals surface area contributed by atoms with Gasteiger partial charge in [0, 0.05) is 19.6 Å². The third-order valence-electron chi connectivity index (χ3n) is 4.53. The van der Waals surface area contributed by atoms with E-state index in [1.165, 1.54) is 4.31 Å². The largest absolute Gasteiger partial charge is 0.372 e. The van der Waals surface area contributed by atoms with Crippen molar-refractivity contribution in [2.75, 3.05) is 29.7 Å². The first-order valence-electron chi connectivity index (χ1n) is 8.52. The fourth-order valence-corrected chi connectivity index (χ4v) is 5.31. The molecule has 1 amide bonds. The minimum absolute atomic E-state index is 0.0239. The Bertz CT molecular complexity index is 758. The lowest BCUT2D eigenvalue weighted by molar-refractivity contribution is -0.0586. The molecule has 2 aliphatic rings. The van der Waals surface area contributed by atoms with Gasteiger partial charge in [0.1, 0.15) is 0 Å². The summed E-state index contributed by atoms with van der Waals surface area (Å²) in [6.45, 7) is 5.34. The molecule has 2 aliphatic heterocycles. The molecule has 3 rings (SSSR count). The van der Waals surface area contributed by atoms with E-state index in [4.69, 9.17) is 16.3 Å². The maximum atomic E-state index is 12.8. The number of carbonyl (C=O) groups excluding carboxylic acids is 1. The zero-order valence-electron chi connectivity index (χ0n) is 14.4. The highest BCUT2D eigenvalue weighted by atomic mass is 35.5. The number of nitrogens with zero attached hydrogens (tertiary/aromatic N) is 2. The van der Waals surface area contributed by atoms with Gasteiger partial charge in [-0.05, 0) is 44.9 Å². The summed E-state index contributed by atoms with van der Waals surface area (Å²) in [4.78, 5) is 14.5. The van der Waals surface area contributed by atoms with Gasteiger partial charge >= 0.3 is 0 Å². The first-order valence-corrected chi connectivity index (χ1v) is 10.5. The molecular weight excluding hydrogens is 364 g/mol. The highest BCUT2D eigenvalue weighted by Gasteiger charge is 2.29. The summed E-state index contributed by atoms with van der Waals surface area (Å²) in [6, 6.07) is 4.86. The number of hydrogen-bond donors (Lipinski definition) is 0. The summed E-state index contributed by atoms with van der Waals surface area (Å²) in [5.74, 6) is -0.00506. The second-order valence-corrected chi connectivity index (χ2v) is 9.15. The van der Waals surface area contributed by atoms with Crippen LogP contribution in [-0.2, 0) is 14.8 Å². The van der Waals surface area contributed by atoms with Crippen molar-refractivity contribution in [1.82, 2.24) is 4.90 Å². The van der Waals surface area contributed by atoms with Crippen LogP contribution in [0.4, 0.5) is 5.69 Å². The summed E-state index contributed by atoms with van der Waals surface area (Å²) in [6.07, 6.45) is 1.45. The topological polar surface area (TPSA) is 66.9 Å². The van der Waals surface area contributed by atoms with Crippen LogP contribution in [0, 0.1) is 0 Å². The Balaban J connectivity index is 1.83. The predicted octanol–water partition coefficient (Wildman–Crippen LogP) is 2.52. The number of ether oxygens (including phenoxy) is 1. The van der Waals surface area contributed by atoms with Crippen LogP contribution in [0.1, 0.15) is 37.0 Å². The second kappa shape index (κ2) is 7.13. The molecule has 2 atom stereocenters. The molecule has 6 nitrogen and oxygen atoms in total. The second-order valence-electron chi connectivity index (χ2n) is 6.73. The standard InChI is InChI=1S/C17H23ClN2O4S/c1-12-10-19(11-13(2)24-12)17(21)15-6-5-14(9-16(15)18)20-7-3-4-8-25(20,22)23/h5-6,9,12-13H,3-4,7-8,10-11H2,1-2H3/t12-,13+. The Morgan fingerprint density at radius 1 is 1.20 bits per heavy atom. The number of halogens is 1. The first kappa shape index (κ1) is 18.5. The smallest absolute Gasteiger partial charge is 0.255 e. The van der Waals surface area contributed by atoms with E-state index in [2.05, 4.69) is 0 Å². The number of carbonyl (C=O) groups is 1. The highest BCUT2D eigenvalue weighted by molar-refractivity contribution is 7.92. The first-order chi connectivity index (χ1) is 11.8. The molecule has 0 N–H and O–H groups in total. The van der Waals surface area contributed by atoms with Gasteiger partial charge in [-0.3, -0.25) is 9.10 Å². The summed E-state index contributed by atoms with van der Waals surface area (Å²) < 4.78 is 31.5. The number of sulfonamides is 1. The van der Waals surface area contributed by atoms with E-state index in [-0.39, 0.29) is 28.9 Å². The molecule has 0 unspecified atom stereocenters. The minimum Gasteiger partial charge on any atom is -0.372 e. The maximum Gasteiger partial charge on any atom is 0.255 e. The van der Waals surface area contributed by atoms with Gasteiger partial charge in [-0.1, -0.05) is 11.6 Å². The normalized spacial score (nSPS) is 26.5. The number of rotatable bonds is 2. The Morgan fingerprint density at radius 2 is 1.88 bits per heavy atom. The van der Waals surface area contributed by atoms with E-state index in [1.54, 1.807) is 23.1 Å². The average Bonchev–Trinajstić information content (AvgIpc) is 2.53. The number of morpholine rings is 1. The molecular formula is C17H23ClN2O4S. The fourth-order valence-electron chi connectivity index (χ4n) is 3.43. The molecule has 0 spiro atoms. The van der Waals surface area contributed by atoms with Crippen molar-refractivity contribution < 1.29 is 17.9 Å². The molecule has 0 bridgehead atoms. The zero-order chi connectivity index (χ0) is 18.2. The van der Waals surface area contributed by atoms with Gasteiger partial charge in [-0.25, -0.2) is 8.42 Å². The summed E-state index contributed by atoms with van der Waals surface area (Å²) >= 11 is 6.33. The Morgan fingerprint density at radius 3 is 2.48 bits per heavy atom. The Hall–Kier alpha value is -1.31. The van der Waals surface area contributed by atoms with E-state index in [0.717, 1.165) is 6.42 Å². The number of amides is 1. The van der Waals surface area contributed by atoms with Crippen molar-refractivity contribution in [3.05, 3.63) is 28.8 Å². The quantitative estimate of drug-likeness (QED) is 0.783. The predicted molar refractivity (Wildman–Crippen MR) is 97.7 cm³/mol. The van der Waals surface area contributed by atoms with E-state index in [0.29, 0.717) is 37.3 Å². The fraction of sp³-hybridized carbons (Fsp3) is 0.588. The molecule has 0 aromatic heterocycles. The molecule has 1 aromatic rings. The van der Waals surface area contributed by atoms with Crippen molar-refractivity contribution in [3.63, 3.8) is 0 Å². The number of hydrogen-bond acceptors (Lipinski definition) is 4. The van der Waals surface area contributed by atoms with Crippen LogP contribution in [-0.4, -0.2) is 56.8 Å². The molecule has 138 valence electrons. The van der Waals surface area contributed by atoms with Crippen LogP contribution in [0.2, 0.25) is 5.02 Å². The zero-order valence-corrected chi connectivity index (χ0v) is 16.0. The lowest BCUT2D eigenvalue weighted by Gasteiger charge is -2.35. The van der Waals surface area contributed by atoms with Crippen molar-refractivity contribution in [3.8, 4) is 0 Å². The van der Waals surface area contributed by atoms with Crippen LogP contribution in [0.5, 0.6) is 0 Å². The average molecular weight is 387 g/mol. The molecule has 0 radical (unpaired) electrons. The van der Waals surface area contributed by atoms with E-state index in [1.807, 2.05) is 13.8 Å². The minimum atomic E-state index is -3.30. The van der Waals surface area contributed by atoms with Gasteiger partial charge < -0.3 is 9.64 Å². The number of anilines is 1. The van der Waals surface area contributed by atoms with Crippen LogP contribution in [0.25, 0.3) is 0 Å². The van der Waals surface area contributed by atoms with Crippen molar-refractivity contribution in [1.29, 1.82) is 0 Å². The molecule has 0 saturated carbocycles. The van der Waals surface area contributed by atoms with Gasteiger partial charge in [-0.15, -0.1) is 0 Å². The van der Waals surface area contributed by atoms with Gasteiger partial charge in [0.15, 0.2) is 0 Å². The Kier molecular flexibility index (Phi) is 5.27. The summed E-state index contributed by atoms with van der Waals surface area (Å²) in [5, 5.41) is 0.273. The van der Waals surface area contributed by atoms with Crippen LogP contribution < -0.4 is 4.31 Å². The highest BCUT2D eigenvalue weighted by Crippen LogP contribution is 2.29. The van der Waals surface area contributed by atoms with Gasteiger partial charge in [0.05, 0.1) is 34.2 Å². The van der Waals surface area contributed by atoms with Crippen LogP contribution >= 0.6 is 11.6 Å². The maximum absolute atomic E-state index is 12.8. The van der Waals surface area contributed by atoms with Crippen LogP contribution in [0.15, 0.2) is 18.2 Å². The van der Waals surface area contributed by atoms with Crippen molar-refractivity contribution in [2.24, 2.45) is 0 Å². The molecule has 1 aromatic carbocycles. The summed E-state index contributed by atoms with van der Waals surface area (Å²) in [7, 11) is -3.30. The van der Waals surface area contributed by atoms with E-state index in [9.17, 15) is 13.2 Å².